The summed E-state index contributed by atoms with van der Waals surface area (Å²) < 4.78 is 13.8. The predicted octanol–water partition coefficient (Wildman–Crippen LogP) is 2.27. The van der Waals surface area contributed by atoms with Crippen LogP contribution in [-0.2, 0) is 0 Å². The smallest absolute Gasteiger partial charge is 0.272 e. The van der Waals surface area contributed by atoms with Crippen molar-refractivity contribution in [2.75, 3.05) is 13.1 Å². The van der Waals surface area contributed by atoms with Crippen LogP contribution in [0.25, 0.3) is 0 Å². The van der Waals surface area contributed by atoms with E-state index in [-0.39, 0.29) is 29.7 Å². The maximum atomic E-state index is 13.8. The number of amides is 1. The van der Waals surface area contributed by atoms with Gasteiger partial charge in [0.2, 0.25) is 0 Å². The highest BCUT2D eigenvalue weighted by molar-refractivity contribution is 5.94. The number of non-ortho nitro benzene ring substituents is 1. The molecule has 0 bridgehead atoms. The van der Waals surface area contributed by atoms with E-state index >= 15 is 0 Å². The molecule has 0 aromatic heterocycles. The van der Waals surface area contributed by atoms with Gasteiger partial charge in [-0.05, 0) is 44.8 Å². The molecule has 2 N–H and O–H groups in total. The second-order valence-electron chi connectivity index (χ2n) is 5.29. The lowest BCUT2D eigenvalue weighted by molar-refractivity contribution is -0.385. The Balaban J connectivity index is 0.00000242. The number of piperidine rings is 1. The van der Waals surface area contributed by atoms with E-state index < -0.39 is 16.6 Å². The van der Waals surface area contributed by atoms with Crippen molar-refractivity contribution < 1.29 is 14.1 Å². The highest BCUT2D eigenvalue weighted by Gasteiger charge is 2.23. The van der Waals surface area contributed by atoms with E-state index in [1.165, 1.54) is 0 Å². The monoisotopic (exact) mass is 331 g/mol. The van der Waals surface area contributed by atoms with E-state index in [0.717, 1.165) is 44.1 Å². The molecule has 1 saturated heterocycles. The lowest BCUT2D eigenvalue weighted by Gasteiger charge is -2.28. The summed E-state index contributed by atoms with van der Waals surface area (Å²) in [6, 6.07) is 2.96. The van der Waals surface area contributed by atoms with Crippen molar-refractivity contribution >= 4 is 24.0 Å². The molecule has 1 heterocycles. The van der Waals surface area contributed by atoms with E-state index in [0.29, 0.717) is 5.92 Å². The van der Waals surface area contributed by atoms with E-state index in [1.54, 1.807) is 0 Å². The molecule has 1 aromatic rings. The van der Waals surface area contributed by atoms with Gasteiger partial charge in [0.15, 0.2) is 0 Å². The van der Waals surface area contributed by atoms with Gasteiger partial charge in [-0.25, -0.2) is 4.39 Å². The molecule has 1 aromatic carbocycles. The molecule has 1 fully saturated rings. The molecule has 6 nitrogen and oxygen atoms in total. The summed E-state index contributed by atoms with van der Waals surface area (Å²) in [5.41, 5.74) is -0.537. The number of halogens is 2. The molecule has 2 atom stereocenters. The molecule has 2 rings (SSSR count). The van der Waals surface area contributed by atoms with Crippen molar-refractivity contribution in [3.05, 3.63) is 39.7 Å². The average molecular weight is 332 g/mol. The molecule has 22 heavy (non-hydrogen) atoms. The molecule has 0 radical (unpaired) electrons. The van der Waals surface area contributed by atoms with Gasteiger partial charge in [0.25, 0.3) is 11.6 Å². The van der Waals surface area contributed by atoms with E-state index in [4.69, 9.17) is 0 Å². The number of rotatable bonds is 4. The summed E-state index contributed by atoms with van der Waals surface area (Å²) in [5, 5.41) is 16.6. The van der Waals surface area contributed by atoms with Crippen molar-refractivity contribution in [1.82, 2.24) is 10.6 Å². The van der Waals surface area contributed by atoms with Crippen LogP contribution in [0, 0.1) is 21.8 Å². The van der Waals surface area contributed by atoms with Crippen LogP contribution in [0.2, 0.25) is 0 Å². The number of benzene rings is 1. The first kappa shape index (κ1) is 18.3. The summed E-state index contributed by atoms with van der Waals surface area (Å²) in [6.07, 6.45) is 2.06. The van der Waals surface area contributed by atoms with Crippen molar-refractivity contribution in [3.8, 4) is 0 Å². The van der Waals surface area contributed by atoms with Gasteiger partial charge in [-0.2, -0.15) is 0 Å². The molecule has 1 aliphatic heterocycles. The SMILES string of the molecule is CC(NC(=O)c1ccc([N+](=O)[O-])cc1F)C1CCCNC1.Cl. The topological polar surface area (TPSA) is 84.3 Å². The zero-order chi connectivity index (χ0) is 15.4. The van der Waals surface area contributed by atoms with E-state index in [9.17, 15) is 19.3 Å². The third-order valence-electron chi connectivity index (χ3n) is 3.81. The fourth-order valence-electron chi connectivity index (χ4n) is 2.51. The van der Waals surface area contributed by atoms with Crippen LogP contribution in [-0.4, -0.2) is 30.0 Å². The minimum atomic E-state index is -0.879. The van der Waals surface area contributed by atoms with Gasteiger partial charge < -0.3 is 10.6 Å². The number of carbonyl (C=O) groups excluding carboxylic acids is 1. The van der Waals surface area contributed by atoms with Crippen LogP contribution in [0.3, 0.4) is 0 Å². The molecule has 0 spiro atoms. The Morgan fingerprint density at radius 3 is 2.82 bits per heavy atom. The summed E-state index contributed by atoms with van der Waals surface area (Å²) in [5.74, 6) is -1.11. The normalized spacial score (nSPS) is 18.9. The van der Waals surface area contributed by atoms with Gasteiger partial charge in [0.1, 0.15) is 5.82 Å². The lowest BCUT2D eigenvalue weighted by Crippen LogP contribution is -2.44. The van der Waals surface area contributed by atoms with E-state index in [1.807, 2.05) is 6.92 Å². The second-order valence-corrected chi connectivity index (χ2v) is 5.29. The van der Waals surface area contributed by atoms with Crippen LogP contribution >= 0.6 is 12.4 Å². The molecule has 1 aliphatic rings. The van der Waals surface area contributed by atoms with Gasteiger partial charge in [-0.1, -0.05) is 0 Å². The fourth-order valence-corrected chi connectivity index (χ4v) is 2.51. The standard InChI is InChI=1S/C14H18FN3O3.ClH/c1-9(10-3-2-6-16-8-10)17-14(19)12-5-4-11(18(20)21)7-13(12)15;/h4-5,7,9-10,16H,2-3,6,8H2,1H3,(H,17,19);1H. The Bertz CT molecular complexity index is 550. The van der Waals surface area contributed by atoms with Gasteiger partial charge in [-0.3, -0.25) is 14.9 Å². The minimum absolute atomic E-state index is 0. The number of nitrogens with zero attached hydrogens (tertiary/aromatic N) is 1. The predicted molar refractivity (Wildman–Crippen MR) is 82.8 cm³/mol. The Kier molecular flexibility index (Phi) is 6.70. The quantitative estimate of drug-likeness (QED) is 0.655. The van der Waals surface area contributed by atoms with Crippen LogP contribution in [0.4, 0.5) is 10.1 Å². The summed E-state index contributed by atoms with van der Waals surface area (Å²) in [4.78, 5) is 21.9. The van der Waals surface area contributed by atoms with Gasteiger partial charge >= 0.3 is 0 Å². The molecule has 1 amide bonds. The van der Waals surface area contributed by atoms with Gasteiger partial charge in [0.05, 0.1) is 16.6 Å². The van der Waals surface area contributed by atoms with Gasteiger partial charge in [0, 0.05) is 12.1 Å². The Morgan fingerprint density at radius 2 is 2.27 bits per heavy atom. The number of nitro groups is 1. The van der Waals surface area contributed by atoms with Crippen LogP contribution in [0.15, 0.2) is 18.2 Å². The number of hydrogen-bond acceptors (Lipinski definition) is 4. The largest absolute Gasteiger partial charge is 0.349 e. The molecule has 2 unspecified atom stereocenters. The lowest BCUT2D eigenvalue weighted by atomic mass is 9.92. The molecular formula is C14H19ClFN3O3. The highest BCUT2D eigenvalue weighted by Crippen LogP contribution is 2.18. The number of nitrogens with one attached hydrogen (secondary N) is 2. The van der Waals surface area contributed by atoms with E-state index in [2.05, 4.69) is 10.6 Å². The first-order valence-electron chi connectivity index (χ1n) is 6.94. The molecule has 0 saturated carbocycles. The second kappa shape index (κ2) is 8.05. The Hall–Kier alpha value is -1.73. The first-order chi connectivity index (χ1) is 9.99. The van der Waals surface area contributed by atoms with Crippen LogP contribution in [0.5, 0.6) is 0 Å². The van der Waals surface area contributed by atoms with Crippen LogP contribution < -0.4 is 10.6 Å². The number of carbonyl (C=O) groups is 1. The molecular weight excluding hydrogens is 313 g/mol. The van der Waals surface area contributed by atoms with Crippen molar-refractivity contribution in [2.45, 2.75) is 25.8 Å². The fraction of sp³-hybridized carbons (Fsp3) is 0.500. The maximum absolute atomic E-state index is 13.8. The van der Waals surface area contributed by atoms with Crippen molar-refractivity contribution in [1.29, 1.82) is 0 Å². The zero-order valence-electron chi connectivity index (χ0n) is 12.2. The van der Waals surface area contributed by atoms with Crippen molar-refractivity contribution in [3.63, 3.8) is 0 Å². The van der Waals surface area contributed by atoms with Crippen LogP contribution in [0.1, 0.15) is 30.1 Å². The maximum Gasteiger partial charge on any atom is 0.272 e. The number of hydrogen-bond donors (Lipinski definition) is 2. The average Bonchev–Trinajstić information content (AvgIpc) is 2.47. The summed E-state index contributed by atoms with van der Waals surface area (Å²) in [6.45, 7) is 3.69. The summed E-state index contributed by atoms with van der Waals surface area (Å²) >= 11 is 0. The summed E-state index contributed by atoms with van der Waals surface area (Å²) in [7, 11) is 0. The molecule has 0 aliphatic carbocycles. The van der Waals surface area contributed by atoms with Crippen molar-refractivity contribution in [2.24, 2.45) is 5.92 Å². The number of nitro benzene ring substituents is 1. The zero-order valence-corrected chi connectivity index (χ0v) is 13.0. The third-order valence-corrected chi connectivity index (χ3v) is 3.81. The van der Waals surface area contributed by atoms with Gasteiger partial charge in [-0.15, -0.1) is 12.4 Å². The third kappa shape index (κ3) is 4.38. The highest BCUT2D eigenvalue weighted by atomic mass is 35.5. The Labute approximate surface area is 134 Å². The molecule has 8 heteroatoms. The minimum Gasteiger partial charge on any atom is -0.349 e. The Morgan fingerprint density at radius 1 is 1.55 bits per heavy atom. The molecule has 122 valence electrons. The first-order valence-corrected chi connectivity index (χ1v) is 6.94.